The van der Waals surface area contributed by atoms with Crippen molar-refractivity contribution in [3.8, 4) is 11.5 Å². The zero-order valence-corrected chi connectivity index (χ0v) is 16.8. The lowest BCUT2D eigenvalue weighted by molar-refractivity contribution is -0.111. The van der Waals surface area contributed by atoms with Gasteiger partial charge < -0.3 is 14.8 Å². The average molecular weight is 367 g/mol. The molecule has 1 N–H and O–H groups in total. The monoisotopic (exact) mass is 367 g/mol. The van der Waals surface area contributed by atoms with Gasteiger partial charge in [0.05, 0.1) is 13.2 Å². The van der Waals surface area contributed by atoms with Crippen LogP contribution in [0.1, 0.15) is 44.4 Å². The molecule has 0 radical (unpaired) electrons. The number of carbonyl (C=O) groups excluding carboxylic acids is 1. The average Bonchev–Trinajstić information content (AvgIpc) is 2.66. The highest BCUT2D eigenvalue weighted by Crippen LogP contribution is 2.29. The third-order valence-corrected chi connectivity index (χ3v) is 4.22. The Morgan fingerprint density at radius 1 is 1.07 bits per heavy atom. The fourth-order valence-electron chi connectivity index (χ4n) is 2.88. The Hall–Kier alpha value is -2.75. The zero-order chi connectivity index (χ0) is 19.8. The Balaban J connectivity index is 2.16. The lowest BCUT2D eigenvalue weighted by atomic mass is 10.0. The Morgan fingerprint density at radius 2 is 1.74 bits per heavy atom. The van der Waals surface area contributed by atoms with Crippen LogP contribution in [0.25, 0.3) is 6.08 Å². The van der Waals surface area contributed by atoms with Crippen molar-refractivity contribution in [2.75, 3.05) is 12.4 Å². The molecule has 0 spiro atoms. The molecule has 0 aliphatic rings. The van der Waals surface area contributed by atoms with Gasteiger partial charge in [-0.25, -0.2) is 0 Å². The van der Waals surface area contributed by atoms with E-state index >= 15 is 0 Å². The van der Waals surface area contributed by atoms with Crippen molar-refractivity contribution in [2.45, 2.75) is 46.6 Å². The van der Waals surface area contributed by atoms with E-state index in [0.29, 0.717) is 11.5 Å². The summed E-state index contributed by atoms with van der Waals surface area (Å²) in [6.07, 6.45) is 5.14. The lowest BCUT2D eigenvalue weighted by Crippen LogP contribution is -2.11. The molecule has 4 heteroatoms. The molecule has 0 atom stereocenters. The zero-order valence-electron chi connectivity index (χ0n) is 16.8. The number of carbonyl (C=O) groups is 1. The summed E-state index contributed by atoms with van der Waals surface area (Å²) in [5.74, 6) is 1.20. The number of hydrogen-bond acceptors (Lipinski definition) is 3. The van der Waals surface area contributed by atoms with Crippen molar-refractivity contribution in [3.63, 3.8) is 0 Å². The third-order valence-electron chi connectivity index (χ3n) is 4.22. The van der Waals surface area contributed by atoms with Gasteiger partial charge in [-0.2, -0.15) is 0 Å². The number of amides is 1. The van der Waals surface area contributed by atoms with E-state index in [1.54, 1.807) is 19.3 Å². The number of aryl methyl sites for hydroxylation is 2. The molecule has 0 bridgehead atoms. The van der Waals surface area contributed by atoms with Crippen molar-refractivity contribution in [3.05, 3.63) is 59.2 Å². The van der Waals surface area contributed by atoms with Gasteiger partial charge in [0.25, 0.3) is 0 Å². The summed E-state index contributed by atoms with van der Waals surface area (Å²) in [5.41, 5.74) is 4.09. The summed E-state index contributed by atoms with van der Waals surface area (Å²) in [5, 5.41) is 3.04. The van der Waals surface area contributed by atoms with E-state index < -0.39 is 0 Å². The van der Waals surface area contributed by atoms with Crippen LogP contribution < -0.4 is 14.8 Å². The number of hydrogen-bond donors (Lipinski definition) is 1. The van der Waals surface area contributed by atoms with Gasteiger partial charge in [0.15, 0.2) is 11.5 Å². The molecule has 27 heavy (non-hydrogen) atoms. The van der Waals surface area contributed by atoms with Gasteiger partial charge in [-0.3, -0.25) is 4.79 Å². The molecule has 2 aromatic rings. The molecule has 0 aliphatic carbocycles. The fraction of sp³-hybridized carbons (Fsp3) is 0.348. The molecule has 0 saturated heterocycles. The third kappa shape index (κ3) is 5.61. The maximum Gasteiger partial charge on any atom is 0.248 e. The molecular formula is C23H29NO3. The first-order valence-electron chi connectivity index (χ1n) is 9.43. The van der Waals surface area contributed by atoms with Gasteiger partial charge in [-0.15, -0.1) is 0 Å². The lowest BCUT2D eigenvalue weighted by Gasteiger charge is -2.14. The maximum atomic E-state index is 12.4. The van der Waals surface area contributed by atoms with Gasteiger partial charge in [-0.05, 0) is 61.6 Å². The van der Waals surface area contributed by atoms with Gasteiger partial charge in [0.2, 0.25) is 5.91 Å². The molecule has 0 aliphatic heterocycles. The molecule has 0 unspecified atom stereocenters. The predicted octanol–water partition coefficient (Wildman–Crippen LogP) is 5.26. The first-order valence-corrected chi connectivity index (χ1v) is 9.43. The second kappa shape index (κ2) is 9.81. The summed E-state index contributed by atoms with van der Waals surface area (Å²) in [4.78, 5) is 12.4. The SMILES string of the molecule is CCc1cccc(CC)c1NC(=O)C=Cc1ccc(OC(C)C)c(OC)c1. The van der Waals surface area contributed by atoms with Crippen LogP contribution in [-0.4, -0.2) is 19.1 Å². The molecule has 2 rings (SSSR count). The molecule has 0 heterocycles. The van der Waals surface area contributed by atoms with Crippen LogP contribution >= 0.6 is 0 Å². The van der Waals surface area contributed by atoms with Crippen LogP contribution in [0.15, 0.2) is 42.5 Å². The van der Waals surface area contributed by atoms with Gasteiger partial charge >= 0.3 is 0 Å². The van der Waals surface area contributed by atoms with E-state index in [1.807, 2.05) is 38.1 Å². The Morgan fingerprint density at radius 3 is 2.30 bits per heavy atom. The minimum absolute atomic E-state index is 0.0671. The molecule has 144 valence electrons. The number of benzene rings is 2. The molecular weight excluding hydrogens is 338 g/mol. The van der Waals surface area contributed by atoms with E-state index in [2.05, 4.69) is 31.3 Å². The molecule has 0 fully saturated rings. The highest BCUT2D eigenvalue weighted by atomic mass is 16.5. The van der Waals surface area contributed by atoms with E-state index in [4.69, 9.17) is 9.47 Å². The van der Waals surface area contributed by atoms with E-state index in [1.165, 1.54) is 0 Å². The molecule has 4 nitrogen and oxygen atoms in total. The summed E-state index contributed by atoms with van der Waals surface area (Å²) < 4.78 is 11.1. The highest BCUT2D eigenvalue weighted by molar-refractivity contribution is 6.02. The summed E-state index contributed by atoms with van der Waals surface area (Å²) >= 11 is 0. The quantitative estimate of drug-likeness (QED) is 0.648. The highest BCUT2D eigenvalue weighted by Gasteiger charge is 2.09. The number of para-hydroxylation sites is 1. The molecule has 0 aromatic heterocycles. The number of methoxy groups -OCH3 is 1. The van der Waals surface area contributed by atoms with Crippen molar-refractivity contribution in [2.24, 2.45) is 0 Å². The number of anilines is 1. The van der Waals surface area contributed by atoms with Crippen LogP contribution in [0.2, 0.25) is 0 Å². The van der Waals surface area contributed by atoms with Crippen LogP contribution in [0.3, 0.4) is 0 Å². The van der Waals surface area contributed by atoms with Crippen molar-refractivity contribution < 1.29 is 14.3 Å². The van der Waals surface area contributed by atoms with E-state index in [9.17, 15) is 4.79 Å². The van der Waals surface area contributed by atoms with Gasteiger partial charge in [-0.1, -0.05) is 38.1 Å². The van der Waals surface area contributed by atoms with Gasteiger partial charge in [0.1, 0.15) is 0 Å². The van der Waals surface area contributed by atoms with E-state index in [0.717, 1.165) is 35.2 Å². The topological polar surface area (TPSA) is 47.6 Å². The van der Waals surface area contributed by atoms with Crippen LogP contribution in [0.5, 0.6) is 11.5 Å². The fourth-order valence-corrected chi connectivity index (χ4v) is 2.88. The predicted molar refractivity (Wildman–Crippen MR) is 112 cm³/mol. The number of ether oxygens (including phenoxy) is 2. The summed E-state index contributed by atoms with van der Waals surface area (Å²) in [6.45, 7) is 8.12. The normalized spacial score (nSPS) is 11.0. The minimum Gasteiger partial charge on any atom is -0.493 e. The van der Waals surface area contributed by atoms with Gasteiger partial charge in [0, 0.05) is 11.8 Å². The Kier molecular flexibility index (Phi) is 7.47. The maximum absolute atomic E-state index is 12.4. The first kappa shape index (κ1) is 20.6. The second-order valence-corrected chi connectivity index (χ2v) is 6.56. The molecule has 1 amide bonds. The summed E-state index contributed by atoms with van der Waals surface area (Å²) in [7, 11) is 1.61. The second-order valence-electron chi connectivity index (χ2n) is 6.56. The van der Waals surface area contributed by atoms with Crippen LogP contribution in [0, 0.1) is 0 Å². The van der Waals surface area contributed by atoms with Crippen molar-refractivity contribution in [1.82, 2.24) is 0 Å². The first-order chi connectivity index (χ1) is 13.0. The standard InChI is InChI=1S/C23H29NO3/c1-6-18-9-8-10-19(7-2)23(18)24-22(25)14-12-17-11-13-20(27-16(3)4)21(15-17)26-5/h8-16H,6-7H2,1-5H3,(H,24,25). The number of nitrogens with one attached hydrogen (secondary N) is 1. The molecule has 2 aromatic carbocycles. The van der Waals surface area contributed by atoms with Crippen molar-refractivity contribution in [1.29, 1.82) is 0 Å². The largest absolute Gasteiger partial charge is 0.493 e. The van der Waals surface area contributed by atoms with Crippen LogP contribution in [-0.2, 0) is 17.6 Å². The summed E-state index contributed by atoms with van der Waals surface area (Å²) in [6, 6.07) is 11.8. The van der Waals surface area contributed by atoms with Crippen LogP contribution in [0.4, 0.5) is 5.69 Å². The number of rotatable bonds is 8. The van der Waals surface area contributed by atoms with Crippen molar-refractivity contribution >= 4 is 17.7 Å². The Bertz CT molecular complexity index is 787. The Labute approximate surface area is 162 Å². The molecule has 0 saturated carbocycles. The minimum atomic E-state index is -0.146. The van der Waals surface area contributed by atoms with E-state index in [-0.39, 0.29) is 12.0 Å². The smallest absolute Gasteiger partial charge is 0.248 e.